The number of ether oxygens (including phenoxy) is 2. The standard InChI is InChI=1S/C24H23NO6S/c1-15-4-8-17(9-5-15)22(26)23(18-10-6-16(2)7-11-18)31-24(27)20-14-19(32(25,28)29)12-13-21(20)30-3/h4-14,23H,1-3H3,(H2,25,28,29). The maximum atomic E-state index is 13.3. The van der Waals surface area contributed by atoms with E-state index in [2.05, 4.69) is 0 Å². The Labute approximate surface area is 186 Å². The fourth-order valence-corrected chi connectivity index (χ4v) is 3.62. The summed E-state index contributed by atoms with van der Waals surface area (Å²) in [7, 11) is -2.73. The zero-order valence-corrected chi connectivity index (χ0v) is 18.7. The van der Waals surface area contributed by atoms with Crippen molar-refractivity contribution in [3.8, 4) is 5.75 Å². The number of rotatable bonds is 7. The SMILES string of the molecule is COc1ccc(S(N)(=O)=O)cc1C(=O)OC(C(=O)c1ccc(C)cc1)c1ccc(C)cc1. The van der Waals surface area contributed by atoms with E-state index in [1.54, 1.807) is 48.5 Å². The number of benzene rings is 3. The van der Waals surface area contributed by atoms with Gasteiger partial charge in [0.05, 0.1) is 12.0 Å². The van der Waals surface area contributed by atoms with Gasteiger partial charge in [-0.1, -0.05) is 59.7 Å². The van der Waals surface area contributed by atoms with Gasteiger partial charge in [0.2, 0.25) is 15.8 Å². The summed E-state index contributed by atoms with van der Waals surface area (Å²) >= 11 is 0. The summed E-state index contributed by atoms with van der Waals surface area (Å²) in [5.74, 6) is -1.24. The van der Waals surface area contributed by atoms with Crippen LogP contribution in [0.1, 0.15) is 43.5 Å². The second kappa shape index (κ2) is 9.33. The first kappa shape index (κ1) is 23.2. The molecule has 0 saturated carbocycles. The molecule has 0 aliphatic heterocycles. The van der Waals surface area contributed by atoms with E-state index in [9.17, 15) is 18.0 Å². The summed E-state index contributed by atoms with van der Waals surface area (Å²) in [6, 6.07) is 17.5. The van der Waals surface area contributed by atoms with Gasteiger partial charge in [0.15, 0.2) is 6.10 Å². The lowest BCUT2D eigenvalue weighted by Gasteiger charge is -2.19. The number of carbonyl (C=O) groups is 2. The molecule has 0 aliphatic rings. The van der Waals surface area contributed by atoms with Gasteiger partial charge in [-0.15, -0.1) is 0 Å². The van der Waals surface area contributed by atoms with Crippen LogP contribution >= 0.6 is 0 Å². The summed E-state index contributed by atoms with van der Waals surface area (Å²) in [6.07, 6.45) is -1.24. The van der Waals surface area contributed by atoms with Crippen LogP contribution in [-0.4, -0.2) is 27.3 Å². The third-order valence-corrected chi connectivity index (χ3v) is 5.81. The van der Waals surface area contributed by atoms with E-state index in [-0.39, 0.29) is 16.2 Å². The van der Waals surface area contributed by atoms with E-state index in [0.717, 1.165) is 17.2 Å². The molecule has 0 radical (unpaired) electrons. The molecule has 0 saturated heterocycles. The maximum Gasteiger partial charge on any atom is 0.343 e. The molecule has 2 N–H and O–H groups in total. The van der Waals surface area contributed by atoms with Gasteiger partial charge < -0.3 is 9.47 Å². The Morgan fingerprint density at radius 1 is 0.875 bits per heavy atom. The van der Waals surface area contributed by atoms with Crippen molar-refractivity contribution in [3.63, 3.8) is 0 Å². The highest BCUT2D eigenvalue weighted by Gasteiger charge is 2.28. The Kier molecular flexibility index (Phi) is 6.76. The molecule has 0 heterocycles. The second-order valence-corrected chi connectivity index (χ2v) is 8.89. The highest BCUT2D eigenvalue weighted by Crippen LogP contribution is 2.28. The lowest BCUT2D eigenvalue weighted by Crippen LogP contribution is -2.21. The predicted octanol–water partition coefficient (Wildman–Crippen LogP) is 3.74. The minimum atomic E-state index is -4.06. The predicted molar refractivity (Wildman–Crippen MR) is 119 cm³/mol. The highest BCUT2D eigenvalue weighted by atomic mass is 32.2. The van der Waals surface area contributed by atoms with Crippen molar-refractivity contribution in [1.29, 1.82) is 0 Å². The summed E-state index contributed by atoms with van der Waals surface area (Å²) in [6.45, 7) is 3.80. The quantitative estimate of drug-likeness (QED) is 0.431. The van der Waals surface area contributed by atoms with Crippen LogP contribution in [0.2, 0.25) is 0 Å². The van der Waals surface area contributed by atoms with E-state index in [1.807, 2.05) is 13.8 Å². The molecule has 0 aromatic heterocycles. The van der Waals surface area contributed by atoms with Gasteiger partial charge in [-0.25, -0.2) is 18.4 Å². The number of methoxy groups -OCH3 is 1. The van der Waals surface area contributed by atoms with Gasteiger partial charge in [-0.2, -0.15) is 0 Å². The van der Waals surface area contributed by atoms with Crippen molar-refractivity contribution in [2.75, 3.05) is 7.11 Å². The average Bonchev–Trinajstić information content (AvgIpc) is 2.77. The average molecular weight is 454 g/mol. The molecule has 3 rings (SSSR count). The minimum absolute atomic E-state index is 0.0906. The topological polar surface area (TPSA) is 113 Å². The number of esters is 1. The Bertz CT molecular complexity index is 1250. The second-order valence-electron chi connectivity index (χ2n) is 7.33. The Morgan fingerprint density at radius 2 is 1.44 bits per heavy atom. The van der Waals surface area contributed by atoms with Crippen LogP contribution in [0.15, 0.2) is 71.6 Å². The van der Waals surface area contributed by atoms with E-state index in [1.165, 1.54) is 19.2 Å². The van der Waals surface area contributed by atoms with Gasteiger partial charge in [0.25, 0.3) is 0 Å². The van der Waals surface area contributed by atoms with Crippen molar-refractivity contribution >= 4 is 21.8 Å². The van der Waals surface area contributed by atoms with Crippen molar-refractivity contribution in [2.45, 2.75) is 24.8 Å². The fourth-order valence-electron chi connectivity index (χ4n) is 3.08. The molecule has 0 bridgehead atoms. The van der Waals surface area contributed by atoms with Crippen LogP contribution in [0.25, 0.3) is 0 Å². The monoisotopic (exact) mass is 453 g/mol. The molecule has 0 fully saturated rings. The molecular weight excluding hydrogens is 430 g/mol. The molecule has 8 heteroatoms. The molecule has 32 heavy (non-hydrogen) atoms. The summed E-state index contributed by atoms with van der Waals surface area (Å²) in [4.78, 5) is 26.0. The number of aryl methyl sites for hydroxylation is 2. The van der Waals surface area contributed by atoms with Crippen LogP contribution in [0.3, 0.4) is 0 Å². The van der Waals surface area contributed by atoms with Crippen LogP contribution in [0.4, 0.5) is 0 Å². The number of nitrogens with two attached hydrogens (primary N) is 1. The molecule has 0 aliphatic carbocycles. The molecule has 1 atom stereocenters. The third kappa shape index (κ3) is 5.22. The van der Waals surface area contributed by atoms with Gasteiger partial charge in [-0.05, 0) is 32.0 Å². The van der Waals surface area contributed by atoms with Crippen molar-refractivity contribution in [3.05, 3.63) is 94.5 Å². The molecule has 3 aromatic carbocycles. The highest BCUT2D eigenvalue weighted by molar-refractivity contribution is 7.89. The van der Waals surface area contributed by atoms with Gasteiger partial charge in [-0.3, -0.25) is 4.79 Å². The number of Topliss-reactive ketones (excluding diaryl/α,β-unsaturated/α-hetero) is 1. The van der Waals surface area contributed by atoms with Gasteiger partial charge >= 0.3 is 5.97 Å². The molecular formula is C24H23NO6S. The van der Waals surface area contributed by atoms with Crippen molar-refractivity contribution in [1.82, 2.24) is 0 Å². The molecule has 3 aromatic rings. The fraction of sp³-hybridized carbons (Fsp3) is 0.167. The zero-order valence-electron chi connectivity index (χ0n) is 17.9. The summed E-state index contributed by atoms with van der Waals surface area (Å²) < 4.78 is 34.3. The molecule has 166 valence electrons. The normalized spacial score (nSPS) is 12.1. The molecule has 0 amide bonds. The Balaban J connectivity index is 2.03. The van der Waals surface area contributed by atoms with E-state index < -0.39 is 27.9 Å². The summed E-state index contributed by atoms with van der Waals surface area (Å²) in [5, 5.41) is 5.19. The summed E-state index contributed by atoms with van der Waals surface area (Å²) in [5.41, 5.74) is 2.65. The number of hydrogen-bond acceptors (Lipinski definition) is 6. The van der Waals surface area contributed by atoms with E-state index >= 15 is 0 Å². The first-order chi connectivity index (χ1) is 15.1. The van der Waals surface area contributed by atoms with Crippen molar-refractivity contribution in [2.24, 2.45) is 5.14 Å². The number of sulfonamides is 1. The van der Waals surface area contributed by atoms with Gasteiger partial charge in [0.1, 0.15) is 11.3 Å². The van der Waals surface area contributed by atoms with Crippen molar-refractivity contribution < 1.29 is 27.5 Å². The first-order valence-corrected chi connectivity index (χ1v) is 11.2. The molecule has 0 spiro atoms. The van der Waals surface area contributed by atoms with Crippen LogP contribution in [0.5, 0.6) is 5.75 Å². The number of carbonyl (C=O) groups excluding carboxylic acids is 2. The largest absolute Gasteiger partial charge is 0.496 e. The number of primary sulfonamides is 1. The maximum absolute atomic E-state index is 13.3. The number of ketones is 1. The lowest BCUT2D eigenvalue weighted by atomic mass is 9.98. The third-order valence-electron chi connectivity index (χ3n) is 4.90. The Hall–Kier alpha value is -3.49. The van der Waals surface area contributed by atoms with Gasteiger partial charge in [0, 0.05) is 11.1 Å². The molecule has 7 nitrogen and oxygen atoms in total. The van der Waals surface area contributed by atoms with Crippen LogP contribution in [-0.2, 0) is 14.8 Å². The lowest BCUT2D eigenvalue weighted by molar-refractivity contribution is 0.0277. The van der Waals surface area contributed by atoms with Crippen LogP contribution in [0, 0.1) is 13.8 Å². The van der Waals surface area contributed by atoms with Crippen LogP contribution < -0.4 is 9.88 Å². The van der Waals surface area contributed by atoms with E-state index in [0.29, 0.717) is 11.1 Å². The first-order valence-electron chi connectivity index (χ1n) is 9.69. The number of hydrogen-bond donors (Lipinski definition) is 1. The minimum Gasteiger partial charge on any atom is -0.496 e. The molecule has 1 unspecified atom stereocenters. The smallest absolute Gasteiger partial charge is 0.343 e. The zero-order chi connectivity index (χ0) is 23.5. The Morgan fingerprint density at radius 3 is 1.97 bits per heavy atom. The van der Waals surface area contributed by atoms with E-state index in [4.69, 9.17) is 14.6 Å².